The summed E-state index contributed by atoms with van der Waals surface area (Å²) in [4.78, 5) is 11.4. The van der Waals surface area contributed by atoms with Gasteiger partial charge in [-0.25, -0.2) is 9.97 Å². The van der Waals surface area contributed by atoms with E-state index in [9.17, 15) is 0 Å². The largest absolute Gasteiger partial charge is 0.314 e. The summed E-state index contributed by atoms with van der Waals surface area (Å²) in [7, 11) is 1.99. The second kappa shape index (κ2) is 7.03. The molecule has 0 aliphatic carbocycles. The zero-order valence-corrected chi connectivity index (χ0v) is 14.0. The summed E-state index contributed by atoms with van der Waals surface area (Å²) in [6, 6.07) is 12.1. The van der Waals surface area contributed by atoms with Crippen LogP contribution in [-0.4, -0.2) is 17.0 Å². The molecular formula is C19H23N3. The number of hydrogen-bond acceptors (Lipinski definition) is 3. The molecule has 3 nitrogen and oxygen atoms in total. The number of rotatable bonds is 4. The predicted molar refractivity (Wildman–Crippen MR) is 95.2 cm³/mol. The van der Waals surface area contributed by atoms with Gasteiger partial charge in [0.1, 0.15) is 11.6 Å². The number of allylic oxidation sites excluding steroid dienone is 4. The van der Waals surface area contributed by atoms with Crippen molar-refractivity contribution in [1.29, 1.82) is 0 Å². The molecular weight excluding hydrogens is 270 g/mol. The van der Waals surface area contributed by atoms with Crippen LogP contribution in [0.25, 0.3) is 11.1 Å². The molecule has 0 atom stereocenters. The molecule has 2 rings (SSSR count). The van der Waals surface area contributed by atoms with Crippen LogP contribution < -0.4 is 4.90 Å². The average Bonchev–Trinajstić information content (AvgIpc) is 2.59. The SMILES string of the molecule is CC=C(C)c1cccc(N(C)c2cccc(C(C)=CC)n2)n1. The average molecular weight is 293 g/mol. The molecule has 0 bridgehead atoms. The lowest BCUT2D eigenvalue weighted by Crippen LogP contribution is -2.13. The highest BCUT2D eigenvalue weighted by Gasteiger charge is 2.09. The van der Waals surface area contributed by atoms with Crippen molar-refractivity contribution in [3.63, 3.8) is 0 Å². The maximum Gasteiger partial charge on any atom is 0.134 e. The summed E-state index contributed by atoms with van der Waals surface area (Å²) in [5, 5.41) is 0. The van der Waals surface area contributed by atoms with Gasteiger partial charge in [-0.1, -0.05) is 24.3 Å². The Bertz CT molecular complexity index is 653. The normalized spacial score (nSPS) is 12.4. The quantitative estimate of drug-likeness (QED) is 0.786. The van der Waals surface area contributed by atoms with E-state index in [2.05, 4.69) is 26.0 Å². The topological polar surface area (TPSA) is 29.0 Å². The van der Waals surface area contributed by atoms with Gasteiger partial charge in [0.05, 0.1) is 11.4 Å². The van der Waals surface area contributed by atoms with E-state index >= 15 is 0 Å². The van der Waals surface area contributed by atoms with Gasteiger partial charge in [-0.3, -0.25) is 0 Å². The van der Waals surface area contributed by atoms with Crippen LogP contribution in [0, 0.1) is 0 Å². The Morgan fingerprint density at radius 2 is 1.23 bits per heavy atom. The standard InChI is InChI=1S/C19H23N3/c1-6-14(3)16-10-8-12-18(20-16)22(5)19-13-9-11-17(21-19)15(4)7-2/h6-13H,1-5H3. The summed E-state index contributed by atoms with van der Waals surface area (Å²) in [5.74, 6) is 1.78. The fourth-order valence-corrected chi connectivity index (χ4v) is 2.07. The molecule has 2 aromatic rings. The number of pyridine rings is 2. The van der Waals surface area contributed by atoms with Crippen molar-refractivity contribution in [3.8, 4) is 0 Å². The van der Waals surface area contributed by atoms with Crippen molar-refractivity contribution in [2.45, 2.75) is 27.7 Å². The molecule has 0 aromatic carbocycles. The van der Waals surface area contributed by atoms with Crippen molar-refractivity contribution in [3.05, 3.63) is 59.9 Å². The first-order chi connectivity index (χ1) is 10.6. The van der Waals surface area contributed by atoms with Gasteiger partial charge >= 0.3 is 0 Å². The van der Waals surface area contributed by atoms with Gasteiger partial charge in [-0.15, -0.1) is 0 Å². The van der Waals surface area contributed by atoms with Crippen LogP contribution in [0.15, 0.2) is 48.6 Å². The number of anilines is 2. The molecule has 114 valence electrons. The highest BCUT2D eigenvalue weighted by molar-refractivity contribution is 5.66. The minimum absolute atomic E-state index is 0.890. The van der Waals surface area contributed by atoms with Crippen LogP contribution in [0.4, 0.5) is 11.6 Å². The third-order valence-corrected chi connectivity index (χ3v) is 3.83. The highest BCUT2D eigenvalue weighted by atomic mass is 15.2. The van der Waals surface area contributed by atoms with E-state index in [1.165, 1.54) is 11.1 Å². The van der Waals surface area contributed by atoms with Crippen LogP contribution in [0.1, 0.15) is 39.1 Å². The first-order valence-electron chi connectivity index (χ1n) is 7.51. The van der Waals surface area contributed by atoms with E-state index in [0.29, 0.717) is 0 Å². The molecule has 0 saturated carbocycles. The summed E-state index contributed by atoms with van der Waals surface area (Å²) in [6.07, 6.45) is 4.14. The lowest BCUT2D eigenvalue weighted by Gasteiger charge is -2.19. The van der Waals surface area contributed by atoms with Gasteiger partial charge in [0, 0.05) is 7.05 Å². The lowest BCUT2D eigenvalue weighted by molar-refractivity contribution is 1.06. The van der Waals surface area contributed by atoms with E-state index in [4.69, 9.17) is 9.97 Å². The lowest BCUT2D eigenvalue weighted by atomic mass is 10.2. The van der Waals surface area contributed by atoms with Gasteiger partial charge < -0.3 is 4.90 Å². The number of aromatic nitrogens is 2. The van der Waals surface area contributed by atoms with Crippen LogP contribution >= 0.6 is 0 Å². The van der Waals surface area contributed by atoms with E-state index in [1.807, 2.05) is 62.2 Å². The smallest absolute Gasteiger partial charge is 0.134 e. The van der Waals surface area contributed by atoms with Gasteiger partial charge in [0.15, 0.2) is 0 Å². The summed E-state index contributed by atoms with van der Waals surface area (Å²) < 4.78 is 0. The van der Waals surface area contributed by atoms with Crippen molar-refractivity contribution >= 4 is 22.8 Å². The molecule has 0 saturated heterocycles. The van der Waals surface area contributed by atoms with Crippen LogP contribution in [0.2, 0.25) is 0 Å². The minimum Gasteiger partial charge on any atom is -0.314 e. The Balaban J connectivity index is 2.38. The molecule has 0 fully saturated rings. The van der Waals surface area contributed by atoms with E-state index in [1.54, 1.807) is 0 Å². The monoisotopic (exact) mass is 293 g/mol. The van der Waals surface area contributed by atoms with Crippen LogP contribution in [-0.2, 0) is 0 Å². The minimum atomic E-state index is 0.890. The van der Waals surface area contributed by atoms with E-state index in [-0.39, 0.29) is 0 Å². The van der Waals surface area contributed by atoms with Crippen molar-refractivity contribution in [2.75, 3.05) is 11.9 Å². The molecule has 0 N–H and O–H groups in total. The number of hydrogen-bond donors (Lipinski definition) is 0. The van der Waals surface area contributed by atoms with Gasteiger partial charge in [-0.05, 0) is 63.1 Å². The summed E-state index contributed by atoms with van der Waals surface area (Å²) in [6.45, 7) is 8.19. The zero-order valence-electron chi connectivity index (χ0n) is 14.0. The molecule has 0 aliphatic rings. The van der Waals surface area contributed by atoms with E-state index in [0.717, 1.165) is 23.0 Å². The second-order valence-electron chi connectivity index (χ2n) is 5.26. The molecule has 3 heteroatoms. The molecule has 0 aliphatic heterocycles. The Kier molecular flexibility index (Phi) is 5.10. The molecule has 2 heterocycles. The second-order valence-corrected chi connectivity index (χ2v) is 5.26. The Morgan fingerprint density at radius 1 is 0.818 bits per heavy atom. The first-order valence-corrected chi connectivity index (χ1v) is 7.51. The Morgan fingerprint density at radius 3 is 1.59 bits per heavy atom. The molecule has 0 unspecified atom stereocenters. The van der Waals surface area contributed by atoms with Crippen LogP contribution in [0.3, 0.4) is 0 Å². The highest BCUT2D eigenvalue weighted by Crippen LogP contribution is 2.23. The van der Waals surface area contributed by atoms with Crippen molar-refractivity contribution in [1.82, 2.24) is 9.97 Å². The van der Waals surface area contributed by atoms with E-state index < -0.39 is 0 Å². The molecule has 2 aromatic heterocycles. The summed E-state index contributed by atoms with van der Waals surface area (Å²) >= 11 is 0. The maximum atomic E-state index is 4.72. The third-order valence-electron chi connectivity index (χ3n) is 3.83. The Labute approximate surface area is 133 Å². The molecule has 0 amide bonds. The van der Waals surface area contributed by atoms with Gasteiger partial charge in [-0.2, -0.15) is 0 Å². The fraction of sp³-hybridized carbons (Fsp3) is 0.263. The summed E-state index contributed by atoms with van der Waals surface area (Å²) in [5.41, 5.74) is 4.32. The molecule has 0 spiro atoms. The van der Waals surface area contributed by atoms with Crippen molar-refractivity contribution in [2.24, 2.45) is 0 Å². The van der Waals surface area contributed by atoms with Gasteiger partial charge in [0.25, 0.3) is 0 Å². The molecule has 0 radical (unpaired) electrons. The number of nitrogens with zero attached hydrogens (tertiary/aromatic N) is 3. The third kappa shape index (κ3) is 3.42. The fourth-order valence-electron chi connectivity index (χ4n) is 2.07. The Hall–Kier alpha value is -2.42. The first kappa shape index (κ1) is 16.0. The zero-order chi connectivity index (χ0) is 16.1. The predicted octanol–water partition coefficient (Wildman–Crippen LogP) is 5.09. The maximum absolute atomic E-state index is 4.72. The van der Waals surface area contributed by atoms with Crippen molar-refractivity contribution < 1.29 is 0 Å². The molecule has 22 heavy (non-hydrogen) atoms. The van der Waals surface area contributed by atoms with Crippen LogP contribution in [0.5, 0.6) is 0 Å². The van der Waals surface area contributed by atoms with Gasteiger partial charge in [0.2, 0.25) is 0 Å².